The number of ether oxygens (including phenoxy) is 1. The molecule has 1 aromatic carbocycles. The first-order chi connectivity index (χ1) is 17.2. The van der Waals surface area contributed by atoms with Crippen molar-refractivity contribution in [3.05, 3.63) is 65.6 Å². The number of amides is 1. The molecule has 4 rings (SSSR count). The zero-order valence-electron chi connectivity index (χ0n) is 21.2. The molecule has 8 nitrogen and oxygen atoms in total. The van der Waals surface area contributed by atoms with Gasteiger partial charge >= 0.3 is 6.09 Å². The van der Waals surface area contributed by atoms with E-state index in [9.17, 15) is 10.1 Å². The number of nitrogens with zero attached hydrogens (tertiary/aromatic N) is 5. The van der Waals surface area contributed by atoms with Crippen molar-refractivity contribution in [3.63, 3.8) is 0 Å². The largest absolute Gasteiger partial charge is 0.444 e. The number of carbonyl (C=O) groups is 1. The lowest BCUT2D eigenvalue weighted by Gasteiger charge is -2.34. The summed E-state index contributed by atoms with van der Waals surface area (Å²) in [6.07, 6.45) is 9.14. The van der Waals surface area contributed by atoms with E-state index in [2.05, 4.69) is 21.5 Å². The second-order valence-corrected chi connectivity index (χ2v) is 9.95. The van der Waals surface area contributed by atoms with Gasteiger partial charge in [-0.25, -0.2) is 9.78 Å². The summed E-state index contributed by atoms with van der Waals surface area (Å²) in [5.41, 5.74) is 3.80. The van der Waals surface area contributed by atoms with Gasteiger partial charge in [0.2, 0.25) is 0 Å². The van der Waals surface area contributed by atoms with Crippen LogP contribution in [0.5, 0.6) is 0 Å². The Bertz CT molecular complexity index is 1280. The van der Waals surface area contributed by atoms with E-state index in [4.69, 9.17) is 4.74 Å². The normalized spacial score (nSPS) is 16.1. The molecule has 0 spiro atoms. The van der Waals surface area contributed by atoms with Gasteiger partial charge in [-0.3, -0.25) is 4.68 Å². The number of nitriles is 1. The van der Waals surface area contributed by atoms with Crippen molar-refractivity contribution in [2.75, 3.05) is 18.4 Å². The highest BCUT2D eigenvalue weighted by Crippen LogP contribution is 2.25. The predicted octanol–water partition coefficient (Wildman–Crippen LogP) is 5.34. The second kappa shape index (κ2) is 10.6. The van der Waals surface area contributed by atoms with Crippen LogP contribution in [0.1, 0.15) is 50.4 Å². The zero-order chi connectivity index (χ0) is 25.7. The summed E-state index contributed by atoms with van der Waals surface area (Å²) in [5, 5.41) is 17.1. The fourth-order valence-corrected chi connectivity index (χ4v) is 4.19. The molecule has 1 N–H and O–H groups in total. The number of nitrogens with one attached hydrogen (secondary N) is 1. The highest BCUT2D eigenvalue weighted by atomic mass is 16.6. The molecule has 0 radical (unpaired) electrons. The maximum absolute atomic E-state index is 12.5. The summed E-state index contributed by atoms with van der Waals surface area (Å²) < 4.78 is 7.13. The summed E-state index contributed by atoms with van der Waals surface area (Å²) in [5.74, 6) is 0.787. The highest BCUT2D eigenvalue weighted by molar-refractivity contribution is 5.77. The molecular weight excluding hydrogens is 452 g/mol. The summed E-state index contributed by atoms with van der Waals surface area (Å²) in [6, 6.07) is 14.3. The molecule has 1 aliphatic heterocycles. The molecule has 1 fully saturated rings. The summed E-state index contributed by atoms with van der Waals surface area (Å²) in [6.45, 7) is 6.93. The van der Waals surface area contributed by atoms with Crippen LogP contribution < -0.4 is 5.32 Å². The van der Waals surface area contributed by atoms with Crippen molar-refractivity contribution in [1.29, 1.82) is 5.26 Å². The predicted molar refractivity (Wildman–Crippen MR) is 141 cm³/mol. The van der Waals surface area contributed by atoms with Crippen LogP contribution in [0.2, 0.25) is 0 Å². The van der Waals surface area contributed by atoms with Crippen molar-refractivity contribution >= 4 is 24.1 Å². The molecule has 36 heavy (non-hydrogen) atoms. The Kier molecular flexibility index (Phi) is 7.39. The van der Waals surface area contributed by atoms with Gasteiger partial charge in [-0.1, -0.05) is 36.4 Å². The Morgan fingerprint density at radius 1 is 1.22 bits per heavy atom. The molecule has 2 aromatic heterocycles. The van der Waals surface area contributed by atoms with Gasteiger partial charge in [0.15, 0.2) is 0 Å². The van der Waals surface area contributed by atoms with Gasteiger partial charge < -0.3 is 15.0 Å². The first-order valence-corrected chi connectivity index (χ1v) is 12.1. The molecule has 8 heteroatoms. The lowest BCUT2D eigenvalue weighted by Crippen LogP contribution is -2.47. The van der Waals surface area contributed by atoms with Gasteiger partial charge in [-0.05, 0) is 56.9 Å². The van der Waals surface area contributed by atoms with Crippen molar-refractivity contribution in [1.82, 2.24) is 19.7 Å². The van der Waals surface area contributed by atoms with Crippen molar-refractivity contribution in [3.8, 4) is 17.2 Å². The number of anilines is 1. The maximum Gasteiger partial charge on any atom is 0.410 e. The van der Waals surface area contributed by atoms with Gasteiger partial charge in [0.1, 0.15) is 23.2 Å². The number of pyridine rings is 1. The molecule has 0 unspecified atom stereocenters. The minimum absolute atomic E-state index is 0.0985. The number of piperidine rings is 1. The van der Waals surface area contributed by atoms with E-state index >= 15 is 0 Å². The van der Waals surface area contributed by atoms with E-state index in [0.29, 0.717) is 18.8 Å². The van der Waals surface area contributed by atoms with E-state index in [0.717, 1.165) is 40.9 Å². The molecule has 0 aliphatic carbocycles. The van der Waals surface area contributed by atoms with E-state index in [1.54, 1.807) is 29.0 Å². The number of benzene rings is 1. The average Bonchev–Trinajstić information content (AvgIpc) is 3.23. The van der Waals surface area contributed by atoms with E-state index in [-0.39, 0.29) is 12.1 Å². The third-order valence-corrected chi connectivity index (χ3v) is 5.97. The minimum Gasteiger partial charge on any atom is -0.444 e. The third-order valence-electron chi connectivity index (χ3n) is 5.97. The number of hydrogen-bond donors (Lipinski definition) is 1. The molecule has 3 heterocycles. The van der Waals surface area contributed by atoms with E-state index < -0.39 is 5.60 Å². The lowest BCUT2D eigenvalue weighted by molar-refractivity contribution is 0.0206. The van der Waals surface area contributed by atoms with Gasteiger partial charge in [0.05, 0.1) is 6.20 Å². The van der Waals surface area contributed by atoms with Gasteiger partial charge in [0.25, 0.3) is 0 Å². The monoisotopic (exact) mass is 484 g/mol. The molecule has 1 aliphatic rings. The topological polar surface area (TPSA) is 96.1 Å². The molecule has 0 bridgehead atoms. The average molecular weight is 485 g/mol. The number of aromatic nitrogens is 3. The van der Waals surface area contributed by atoms with Crippen LogP contribution >= 0.6 is 0 Å². The molecule has 1 saturated heterocycles. The van der Waals surface area contributed by atoms with Crippen LogP contribution in [0.15, 0.2) is 48.8 Å². The Balaban J connectivity index is 1.44. The highest BCUT2D eigenvalue weighted by Gasteiger charge is 2.28. The van der Waals surface area contributed by atoms with Crippen molar-refractivity contribution < 1.29 is 9.53 Å². The van der Waals surface area contributed by atoms with Crippen LogP contribution in [0.4, 0.5) is 10.6 Å². The second-order valence-electron chi connectivity index (χ2n) is 9.95. The number of hydrogen-bond acceptors (Lipinski definition) is 6. The third kappa shape index (κ3) is 6.11. The van der Waals surface area contributed by atoms with Crippen LogP contribution in [-0.2, 0) is 11.8 Å². The smallest absolute Gasteiger partial charge is 0.410 e. The first kappa shape index (κ1) is 25.0. The Labute approximate surface area is 212 Å². The molecule has 186 valence electrons. The number of aryl methyl sites for hydroxylation is 1. The molecule has 1 amide bonds. The molecule has 1 atom stereocenters. The van der Waals surface area contributed by atoms with E-state index in [1.165, 1.54) is 0 Å². The van der Waals surface area contributed by atoms with Crippen LogP contribution in [0.3, 0.4) is 0 Å². The molecule has 3 aromatic rings. The molecular formula is C28H32N6O2. The Hall–Kier alpha value is -4.12. The van der Waals surface area contributed by atoms with Crippen molar-refractivity contribution in [2.24, 2.45) is 7.05 Å². The van der Waals surface area contributed by atoms with Crippen LogP contribution in [0.25, 0.3) is 23.3 Å². The van der Waals surface area contributed by atoms with E-state index in [1.807, 2.05) is 69.3 Å². The van der Waals surface area contributed by atoms with Gasteiger partial charge in [-0.2, -0.15) is 10.4 Å². The minimum atomic E-state index is -0.509. The lowest BCUT2D eigenvalue weighted by atomic mass is 10.0. The number of carbonyl (C=O) groups excluding carboxylic acids is 1. The summed E-state index contributed by atoms with van der Waals surface area (Å²) in [7, 11) is 1.76. The summed E-state index contributed by atoms with van der Waals surface area (Å²) >= 11 is 0. The quantitative estimate of drug-likeness (QED) is 0.525. The zero-order valence-corrected chi connectivity index (χ0v) is 21.2. The van der Waals surface area contributed by atoms with Crippen LogP contribution in [-0.4, -0.2) is 50.5 Å². The fraction of sp³-hybridized carbons (Fsp3) is 0.357. The number of likely N-dealkylation sites (tertiary alicyclic amines) is 1. The number of rotatable bonds is 5. The van der Waals surface area contributed by atoms with Crippen LogP contribution in [0, 0.1) is 11.3 Å². The van der Waals surface area contributed by atoms with Gasteiger partial charge in [0, 0.05) is 43.5 Å². The first-order valence-electron chi connectivity index (χ1n) is 12.1. The standard InChI is InChI=1S/C28H32N6O2/c1-28(2,3)36-27(35)34-16-6-8-23(19-34)32-26-22(7-5-15-30-26)14-11-20-9-12-21(13-10-20)24-18-31-33(4)25(24)17-29/h5,7,9-15,18,23H,6,8,16,19H2,1-4H3,(H,30,32)/t23-/m1/s1. The fourth-order valence-electron chi connectivity index (χ4n) is 4.19. The Morgan fingerprint density at radius 3 is 2.72 bits per heavy atom. The Morgan fingerprint density at radius 2 is 2.00 bits per heavy atom. The maximum atomic E-state index is 12.5. The van der Waals surface area contributed by atoms with Crippen molar-refractivity contribution in [2.45, 2.75) is 45.3 Å². The van der Waals surface area contributed by atoms with Gasteiger partial charge in [-0.15, -0.1) is 0 Å². The summed E-state index contributed by atoms with van der Waals surface area (Å²) in [4.78, 5) is 18.8. The molecule has 0 saturated carbocycles. The SMILES string of the molecule is Cn1ncc(-c2ccc(C=Cc3cccnc3N[C@@H]3CCCN(C(=O)OC(C)(C)C)C3)cc2)c1C#N.